The van der Waals surface area contributed by atoms with Gasteiger partial charge in [-0.2, -0.15) is 0 Å². The van der Waals surface area contributed by atoms with Crippen molar-refractivity contribution in [2.45, 2.75) is 36.9 Å². The summed E-state index contributed by atoms with van der Waals surface area (Å²) in [6.07, 6.45) is 0.250. The lowest BCUT2D eigenvalue weighted by Crippen LogP contribution is -2.53. The van der Waals surface area contributed by atoms with Crippen LogP contribution in [0.3, 0.4) is 0 Å². The van der Waals surface area contributed by atoms with Gasteiger partial charge in [-0.3, -0.25) is 9.36 Å². The number of fused-ring (bicyclic) bond motifs is 1. The maximum absolute atomic E-state index is 12.8. The minimum atomic E-state index is -1.18. The first-order valence-electron chi connectivity index (χ1n) is 10.8. The Labute approximate surface area is 196 Å². The first-order chi connectivity index (χ1) is 16.3. The molecular weight excluding hydrogens is 442 g/mol. The molecule has 12 heteroatoms. The van der Waals surface area contributed by atoms with E-state index in [4.69, 9.17) is 15.2 Å². The number of anilines is 1. The lowest BCUT2D eigenvalue weighted by molar-refractivity contribution is -0.124. The molecule has 1 aliphatic rings. The molecule has 1 aromatic carbocycles. The van der Waals surface area contributed by atoms with Gasteiger partial charge in [0.1, 0.15) is 24.3 Å². The summed E-state index contributed by atoms with van der Waals surface area (Å²) in [7, 11) is 5.25. The van der Waals surface area contributed by atoms with E-state index in [1.807, 2.05) is 26.2 Å². The fourth-order valence-electron chi connectivity index (χ4n) is 4.04. The minimum absolute atomic E-state index is 0.295. The van der Waals surface area contributed by atoms with Gasteiger partial charge in [0.05, 0.1) is 32.1 Å². The van der Waals surface area contributed by atoms with Crippen LogP contribution in [-0.4, -0.2) is 87.7 Å². The van der Waals surface area contributed by atoms with Gasteiger partial charge in [-0.1, -0.05) is 12.1 Å². The van der Waals surface area contributed by atoms with Crippen molar-refractivity contribution in [2.75, 3.05) is 32.7 Å². The molecule has 2 aromatic heterocycles. The Morgan fingerprint density at radius 1 is 1.29 bits per heavy atom. The Kier molecular flexibility index (Phi) is 6.93. The van der Waals surface area contributed by atoms with Crippen molar-refractivity contribution >= 4 is 22.9 Å². The molecule has 1 amide bonds. The number of nitrogens with one attached hydrogen (secondary N) is 1. The Balaban J connectivity index is 1.49. The number of imidazole rings is 1. The molecule has 34 heavy (non-hydrogen) atoms. The third-order valence-electron chi connectivity index (χ3n) is 5.85. The van der Waals surface area contributed by atoms with Crippen LogP contribution >= 0.6 is 0 Å². The number of benzene rings is 1. The Hall–Kier alpha value is -3.32. The fraction of sp³-hybridized carbons (Fsp3) is 0.455. The zero-order valence-electron chi connectivity index (χ0n) is 19.2. The van der Waals surface area contributed by atoms with Crippen LogP contribution in [0, 0.1) is 0 Å². The van der Waals surface area contributed by atoms with Crippen LogP contribution in [0.1, 0.15) is 11.8 Å². The van der Waals surface area contributed by atoms with E-state index < -0.39 is 43.0 Å². The summed E-state index contributed by atoms with van der Waals surface area (Å²) < 4.78 is 12.6. The Bertz CT molecular complexity index is 1140. The molecule has 3 aromatic rings. The van der Waals surface area contributed by atoms with E-state index >= 15 is 0 Å². The molecule has 0 saturated carbocycles. The molecule has 1 aliphatic heterocycles. The number of aliphatic hydroxyl groups excluding tert-OH is 2. The van der Waals surface area contributed by atoms with E-state index in [1.165, 1.54) is 12.7 Å². The first kappa shape index (κ1) is 23.8. The third kappa shape index (κ3) is 4.53. The van der Waals surface area contributed by atoms with Gasteiger partial charge in [0.15, 0.2) is 23.2 Å². The van der Waals surface area contributed by atoms with Gasteiger partial charge >= 0.3 is 0 Å². The van der Waals surface area contributed by atoms with Crippen LogP contribution in [0.15, 0.2) is 36.9 Å². The van der Waals surface area contributed by atoms with Crippen molar-refractivity contribution in [3.05, 3.63) is 42.5 Å². The Morgan fingerprint density at radius 2 is 2.03 bits per heavy atom. The maximum atomic E-state index is 12.8. The van der Waals surface area contributed by atoms with Crippen molar-refractivity contribution in [3.8, 4) is 5.75 Å². The number of aromatic nitrogens is 4. The molecule has 4 rings (SSSR count). The second-order valence-electron chi connectivity index (χ2n) is 8.35. The number of aliphatic hydroxyl groups is 2. The van der Waals surface area contributed by atoms with Gasteiger partial charge in [-0.05, 0) is 24.1 Å². The first-order valence-corrected chi connectivity index (χ1v) is 10.8. The quantitative estimate of drug-likeness (QED) is 0.328. The largest absolute Gasteiger partial charge is 0.497 e. The highest BCUT2D eigenvalue weighted by molar-refractivity contribution is 5.83. The lowest BCUT2D eigenvalue weighted by atomic mass is 10.0. The Morgan fingerprint density at radius 3 is 2.68 bits per heavy atom. The molecule has 3 heterocycles. The van der Waals surface area contributed by atoms with Crippen LogP contribution in [0.5, 0.6) is 5.75 Å². The van der Waals surface area contributed by atoms with Crippen LogP contribution in [0.2, 0.25) is 0 Å². The van der Waals surface area contributed by atoms with Gasteiger partial charge < -0.3 is 35.6 Å². The molecule has 0 bridgehead atoms. The van der Waals surface area contributed by atoms with Gasteiger partial charge in [-0.25, -0.2) is 15.0 Å². The topological polar surface area (TPSA) is 161 Å². The second kappa shape index (κ2) is 9.89. The van der Waals surface area contributed by atoms with Crippen LogP contribution in [0.25, 0.3) is 11.2 Å². The van der Waals surface area contributed by atoms with E-state index in [1.54, 1.807) is 28.7 Å². The van der Waals surface area contributed by atoms with E-state index in [0.717, 1.165) is 5.56 Å². The second-order valence-corrected chi connectivity index (χ2v) is 8.35. The standard InChI is InChI=1S/C22H29N7O5/c1-28(2)19-17-20(25-10-24-19)29(11-26-17)22-18(31)16(15(9-30)34-22)27-21(32)14(23)8-12-4-6-13(33-3)7-5-12/h4-7,10-11,14-16,18,22,30-31H,8-9,23H2,1-3H3,(H,27,32)/t14-,15-,16-,18-,22+/m0/s1. The van der Waals surface area contributed by atoms with Crippen LogP contribution in [0.4, 0.5) is 5.82 Å². The molecule has 1 fully saturated rings. The highest BCUT2D eigenvalue weighted by Gasteiger charge is 2.46. The predicted octanol–water partition coefficient (Wildman–Crippen LogP) is -0.794. The van der Waals surface area contributed by atoms with Crippen molar-refractivity contribution in [2.24, 2.45) is 5.73 Å². The lowest BCUT2D eigenvalue weighted by Gasteiger charge is -2.23. The average molecular weight is 472 g/mol. The smallest absolute Gasteiger partial charge is 0.237 e. The number of hydrogen-bond acceptors (Lipinski definition) is 10. The summed E-state index contributed by atoms with van der Waals surface area (Å²) in [5, 5.41) is 23.6. The average Bonchev–Trinajstić information content (AvgIpc) is 3.40. The van der Waals surface area contributed by atoms with Crippen molar-refractivity contribution in [1.82, 2.24) is 24.8 Å². The summed E-state index contributed by atoms with van der Waals surface area (Å²) >= 11 is 0. The van der Waals surface area contributed by atoms with E-state index in [2.05, 4.69) is 20.3 Å². The number of carbonyl (C=O) groups is 1. The highest BCUT2D eigenvalue weighted by atomic mass is 16.5. The molecule has 1 saturated heterocycles. The molecule has 0 spiro atoms. The summed E-state index contributed by atoms with van der Waals surface area (Å²) in [5.74, 6) is 0.861. The third-order valence-corrected chi connectivity index (χ3v) is 5.85. The molecule has 0 unspecified atom stereocenters. The minimum Gasteiger partial charge on any atom is -0.497 e. The van der Waals surface area contributed by atoms with Gasteiger partial charge in [0.2, 0.25) is 5.91 Å². The number of nitrogens with zero attached hydrogens (tertiary/aromatic N) is 5. The maximum Gasteiger partial charge on any atom is 0.237 e. The van der Waals surface area contributed by atoms with Crippen molar-refractivity contribution in [3.63, 3.8) is 0 Å². The normalized spacial score (nSPS) is 23.1. The predicted molar refractivity (Wildman–Crippen MR) is 123 cm³/mol. The van der Waals surface area contributed by atoms with Gasteiger partial charge in [0, 0.05) is 14.1 Å². The van der Waals surface area contributed by atoms with Gasteiger partial charge in [-0.15, -0.1) is 0 Å². The molecule has 0 radical (unpaired) electrons. The monoisotopic (exact) mass is 471 g/mol. The molecular formula is C22H29N7O5. The molecule has 182 valence electrons. The summed E-state index contributed by atoms with van der Waals surface area (Å²) in [5.41, 5.74) is 7.98. The molecule has 5 N–H and O–H groups in total. The van der Waals surface area contributed by atoms with E-state index in [-0.39, 0.29) is 0 Å². The van der Waals surface area contributed by atoms with Crippen molar-refractivity contribution < 1.29 is 24.5 Å². The number of rotatable bonds is 8. The number of carbonyl (C=O) groups excluding carboxylic acids is 1. The van der Waals surface area contributed by atoms with Crippen LogP contribution in [-0.2, 0) is 16.0 Å². The summed E-state index contributed by atoms with van der Waals surface area (Å²) in [6.45, 7) is -0.406. The number of ether oxygens (including phenoxy) is 2. The summed E-state index contributed by atoms with van der Waals surface area (Å²) in [6, 6.07) is 5.52. The molecule has 0 aliphatic carbocycles. The number of amides is 1. The molecule has 12 nitrogen and oxygen atoms in total. The number of hydrogen-bond donors (Lipinski definition) is 4. The van der Waals surface area contributed by atoms with E-state index in [0.29, 0.717) is 29.2 Å². The highest BCUT2D eigenvalue weighted by Crippen LogP contribution is 2.32. The zero-order valence-corrected chi connectivity index (χ0v) is 19.2. The number of nitrogens with two attached hydrogens (primary N) is 1. The van der Waals surface area contributed by atoms with Crippen molar-refractivity contribution in [1.29, 1.82) is 0 Å². The zero-order chi connectivity index (χ0) is 24.4. The SMILES string of the molecule is COc1ccc(C[C@H](N)C(=O)N[C@@H]2[C@H](O)[C@H](n3cnc4c(N(C)C)ncnc43)O[C@H]2CO)cc1. The number of methoxy groups -OCH3 is 1. The van der Waals surface area contributed by atoms with E-state index in [9.17, 15) is 15.0 Å². The fourth-order valence-corrected chi connectivity index (χ4v) is 4.04. The van der Waals surface area contributed by atoms with Gasteiger partial charge in [0.25, 0.3) is 0 Å². The summed E-state index contributed by atoms with van der Waals surface area (Å²) in [4.78, 5) is 27.5. The van der Waals surface area contributed by atoms with Crippen LogP contribution < -0.4 is 20.7 Å². The molecule has 5 atom stereocenters.